The molecule has 1 aliphatic rings. The maximum atomic E-state index is 6.55. The molecule has 0 amide bonds. The van der Waals surface area contributed by atoms with Gasteiger partial charge in [-0.3, -0.25) is 4.99 Å². The predicted molar refractivity (Wildman–Crippen MR) is 133 cm³/mol. The van der Waals surface area contributed by atoms with Crippen LogP contribution in [-0.4, -0.2) is 43.8 Å². The van der Waals surface area contributed by atoms with Crippen LogP contribution in [0.5, 0.6) is 0 Å². The molecule has 2 N–H and O–H groups in total. The number of rotatable bonds is 7. The van der Waals surface area contributed by atoms with E-state index in [1.807, 2.05) is 19.1 Å². The number of nitrogens with one attached hydrogen (secondary N) is 2. The Hall–Kier alpha value is -0.900. The maximum Gasteiger partial charge on any atom is 0.191 e. The Kier molecular flexibility index (Phi) is 10.1. The van der Waals surface area contributed by atoms with Gasteiger partial charge in [-0.05, 0) is 38.3 Å². The van der Waals surface area contributed by atoms with Crippen molar-refractivity contribution in [1.82, 2.24) is 15.6 Å². The van der Waals surface area contributed by atoms with Crippen molar-refractivity contribution in [1.29, 1.82) is 0 Å². The van der Waals surface area contributed by atoms with Gasteiger partial charge in [0.25, 0.3) is 0 Å². The third-order valence-corrected chi connectivity index (χ3v) is 6.27. The number of thiazole rings is 1. The first-order valence-electron chi connectivity index (χ1n) is 9.89. The van der Waals surface area contributed by atoms with Gasteiger partial charge >= 0.3 is 0 Å². The third kappa shape index (κ3) is 6.80. The minimum atomic E-state index is -0.0784. The second kappa shape index (κ2) is 12.1. The fraction of sp³-hybridized carbons (Fsp3) is 0.524. The molecule has 0 saturated carbocycles. The lowest BCUT2D eigenvalue weighted by Gasteiger charge is -2.37. The molecule has 29 heavy (non-hydrogen) atoms. The second-order valence-corrected chi connectivity index (χ2v) is 8.57. The molecule has 0 atom stereocenters. The van der Waals surface area contributed by atoms with Crippen molar-refractivity contribution < 1.29 is 4.74 Å². The molecule has 5 nitrogen and oxygen atoms in total. The molecule has 2 aromatic rings. The monoisotopic (exact) mass is 548 g/mol. The molecule has 1 saturated heterocycles. The van der Waals surface area contributed by atoms with E-state index in [1.54, 1.807) is 11.3 Å². The summed E-state index contributed by atoms with van der Waals surface area (Å²) in [4.78, 5) is 9.45. The fourth-order valence-electron chi connectivity index (χ4n) is 3.57. The van der Waals surface area contributed by atoms with Crippen LogP contribution in [0.25, 0.3) is 0 Å². The first-order valence-corrected chi connectivity index (χ1v) is 11.1. The van der Waals surface area contributed by atoms with Gasteiger partial charge in [0.2, 0.25) is 0 Å². The van der Waals surface area contributed by atoms with Gasteiger partial charge in [-0.1, -0.05) is 29.8 Å². The van der Waals surface area contributed by atoms with Gasteiger partial charge in [0, 0.05) is 48.5 Å². The van der Waals surface area contributed by atoms with Gasteiger partial charge in [0.1, 0.15) is 0 Å². The Bertz CT molecular complexity index is 792. The average Bonchev–Trinajstić information content (AvgIpc) is 3.12. The van der Waals surface area contributed by atoms with E-state index in [0.29, 0.717) is 6.54 Å². The van der Waals surface area contributed by atoms with Crippen molar-refractivity contribution in [2.75, 3.05) is 32.8 Å². The number of halogens is 2. The Morgan fingerprint density at radius 3 is 2.69 bits per heavy atom. The van der Waals surface area contributed by atoms with Gasteiger partial charge in [0.05, 0.1) is 17.2 Å². The molecule has 1 aromatic carbocycles. The van der Waals surface area contributed by atoms with E-state index in [9.17, 15) is 0 Å². The molecule has 0 unspecified atom stereocenters. The van der Waals surface area contributed by atoms with Gasteiger partial charge in [-0.15, -0.1) is 35.3 Å². The number of aryl methyl sites for hydroxylation is 1. The quantitative estimate of drug-likeness (QED) is 0.302. The Balaban J connectivity index is 0.00000300. The molecular formula is C21H30ClIN4OS. The highest BCUT2D eigenvalue weighted by Crippen LogP contribution is 2.38. The summed E-state index contributed by atoms with van der Waals surface area (Å²) in [6.07, 6.45) is 2.74. The topological polar surface area (TPSA) is 58.5 Å². The largest absolute Gasteiger partial charge is 0.381 e. The molecule has 160 valence electrons. The number of aliphatic imine (C=N–C) groups is 1. The average molecular weight is 549 g/mol. The minimum Gasteiger partial charge on any atom is -0.381 e. The summed E-state index contributed by atoms with van der Waals surface area (Å²) >= 11 is 8.24. The van der Waals surface area contributed by atoms with Crippen LogP contribution < -0.4 is 10.6 Å². The van der Waals surface area contributed by atoms with E-state index < -0.39 is 0 Å². The van der Waals surface area contributed by atoms with Crippen molar-refractivity contribution in [3.63, 3.8) is 0 Å². The van der Waals surface area contributed by atoms with E-state index in [-0.39, 0.29) is 29.4 Å². The van der Waals surface area contributed by atoms with Crippen LogP contribution in [0.1, 0.15) is 36.0 Å². The Morgan fingerprint density at radius 1 is 1.28 bits per heavy atom. The zero-order chi connectivity index (χ0) is 19.8. The molecule has 1 fully saturated rings. The van der Waals surface area contributed by atoms with Crippen LogP contribution in [0, 0.1) is 6.92 Å². The van der Waals surface area contributed by atoms with E-state index in [0.717, 1.165) is 67.2 Å². The summed E-state index contributed by atoms with van der Waals surface area (Å²) in [5.41, 5.74) is 2.23. The number of hydrogen-bond acceptors (Lipinski definition) is 4. The highest BCUT2D eigenvalue weighted by molar-refractivity contribution is 14.0. The lowest BCUT2D eigenvalue weighted by atomic mass is 9.74. The van der Waals surface area contributed by atoms with Gasteiger partial charge in [0.15, 0.2) is 5.96 Å². The number of aromatic nitrogens is 1. The number of guanidine groups is 1. The number of ether oxygens (including phenoxy) is 1. The van der Waals surface area contributed by atoms with Crippen LogP contribution in [0.4, 0.5) is 0 Å². The van der Waals surface area contributed by atoms with Crippen LogP contribution in [0.15, 0.2) is 34.6 Å². The SMILES string of the molecule is CCNC(=NCC1(c2ccccc2Cl)CCOCC1)NCCc1csc(C)n1.I. The molecule has 0 spiro atoms. The summed E-state index contributed by atoms with van der Waals surface area (Å²) in [5, 5.41) is 10.8. The first kappa shape index (κ1) is 24.4. The highest BCUT2D eigenvalue weighted by atomic mass is 127. The fourth-order valence-corrected chi connectivity index (χ4v) is 4.55. The predicted octanol–water partition coefficient (Wildman–Crippen LogP) is 4.57. The van der Waals surface area contributed by atoms with Crippen LogP contribution >= 0.6 is 46.9 Å². The summed E-state index contributed by atoms with van der Waals surface area (Å²) in [7, 11) is 0. The van der Waals surface area contributed by atoms with E-state index in [2.05, 4.69) is 40.1 Å². The van der Waals surface area contributed by atoms with Crippen LogP contribution in [-0.2, 0) is 16.6 Å². The zero-order valence-electron chi connectivity index (χ0n) is 17.0. The van der Waals surface area contributed by atoms with Gasteiger partial charge < -0.3 is 15.4 Å². The number of benzene rings is 1. The minimum absolute atomic E-state index is 0. The zero-order valence-corrected chi connectivity index (χ0v) is 20.9. The van der Waals surface area contributed by atoms with E-state index in [1.165, 1.54) is 5.56 Å². The lowest BCUT2D eigenvalue weighted by molar-refractivity contribution is 0.0531. The third-order valence-electron chi connectivity index (χ3n) is 5.12. The Morgan fingerprint density at radius 2 is 2.03 bits per heavy atom. The van der Waals surface area contributed by atoms with Crippen LogP contribution in [0.2, 0.25) is 5.02 Å². The number of nitrogens with zero attached hydrogens (tertiary/aromatic N) is 2. The molecule has 1 aromatic heterocycles. The lowest BCUT2D eigenvalue weighted by Crippen LogP contribution is -2.42. The van der Waals surface area contributed by atoms with E-state index >= 15 is 0 Å². The smallest absolute Gasteiger partial charge is 0.191 e. The first-order chi connectivity index (χ1) is 13.6. The standard InChI is InChI=1S/C21H29ClN4OS.HI/c1-3-23-20(24-11-8-17-14-28-16(2)26-17)25-15-21(9-12-27-13-10-21)18-6-4-5-7-19(18)22;/h4-7,14H,3,8-13,15H2,1-2H3,(H2,23,24,25);1H. The normalized spacial score (nSPS) is 16.2. The molecule has 0 aliphatic carbocycles. The van der Waals surface area contributed by atoms with Gasteiger partial charge in [-0.25, -0.2) is 4.98 Å². The Labute approximate surface area is 199 Å². The summed E-state index contributed by atoms with van der Waals surface area (Å²) < 4.78 is 5.63. The molecule has 8 heteroatoms. The van der Waals surface area contributed by atoms with Crippen molar-refractivity contribution in [2.24, 2.45) is 4.99 Å². The summed E-state index contributed by atoms with van der Waals surface area (Å²) in [6.45, 7) is 7.92. The molecule has 0 bridgehead atoms. The van der Waals surface area contributed by atoms with Gasteiger partial charge in [-0.2, -0.15) is 0 Å². The number of hydrogen-bond donors (Lipinski definition) is 2. The van der Waals surface area contributed by atoms with Crippen molar-refractivity contribution >= 4 is 52.9 Å². The molecule has 2 heterocycles. The molecule has 0 radical (unpaired) electrons. The van der Waals surface area contributed by atoms with Crippen molar-refractivity contribution in [3.8, 4) is 0 Å². The van der Waals surface area contributed by atoms with Crippen molar-refractivity contribution in [2.45, 2.75) is 38.5 Å². The second-order valence-electron chi connectivity index (χ2n) is 7.10. The maximum absolute atomic E-state index is 6.55. The van der Waals surface area contributed by atoms with E-state index in [4.69, 9.17) is 21.3 Å². The summed E-state index contributed by atoms with van der Waals surface area (Å²) in [5.74, 6) is 0.840. The molecular weight excluding hydrogens is 519 g/mol. The molecule has 1 aliphatic heterocycles. The van der Waals surface area contributed by atoms with Crippen LogP contribution in [0.3, 0.4) is 0 Å². The summed E-state index contributed by atoms with van der Waals surface area (Å²) in [6, 6.07) is 8.14. The molecule has 3 rings (SSSR count). The highest BCUT2D eigenvalue weighted by Gasteiger charge is 2.36. The van der Waals surface area contributed by atoms with Crippen molar-refractivity contribution in [3.05, 3.63) is 50.9 Å².